The number of hydrogen-bond donors (Lipinski definition) is 0. The number of unbranched alkanes of at least 4 members (excludes halogenated alkanes) is 1. The standard InChI is InChI=1S/C16H26FO2Si/c1-3-11-18-20(19-12-4-2)13-6-5-8-15-9-7-10-16(17)14-15/h7,9-10,14H,3-6,8,11-13H2,1-2H3. The minimum Gasteiger partial charge on any atom is -0.393 e. The van der Waals surface area contributed by atoms with E-state index in [0.717, 1.165) is 56.9 Å². The molecule has 1 radical (unpaired) electrons. The number of aryl methyl sites for hydroxylation is 1. The fraction of sp³-hybridized carbons (Fsp3) is 0.625. The lowest BCUT2D eigenvalue weighted by Gasteiger charge is -2.14. The SMILES string of the molecule is CCCO[Si](CCCCc1cccc(F)c1)OCCC. The van der Waals surface area contributed by atoms with Crippen molar-refractivity contribution in [2.45, 2.75) is 52.0 Å². The average molecular weight is 297 g/mol. The van der Waals surface area contributed by atoms with Gasteiger partial charge in [-0.1, -0.05) is 32.4 Å². The van der Waals surface area contributed by atoms with E-state index in [1.165, 1.54) is 6.07 Å². The van der Waals surface area contributed by atoms with E-state index in [-0.39, 0.29) is 5.82 Å². The maximum Gasteiger partial charge on any atom is 0.384 e. The van der Waals surface area contributed by atoms with Crippen LogP contribution in [-0.2, 0) is 15.3 Å². The van der Waals surface area contributed by atoms with E-state index in [9.17, 15) is 4.39 Å². The van der Waals surface area contributed by atoms with Crippen LogP contribution in [0.3, 0.4) is 0 Å². The van der Waals surface area contributed by atoms with Gasteiger partial charge < -0.3 is 8.85 Å². The van der Waals surface area contributed by atoms with E-state index >= 15 is 0 Å². The Hall–Kier alpha value is -0.713. The monoisotopic (exact) mass is 297 g/mol. The predicted octanol–water partition coefficient (Wildman–Crippen LogP) is 4.49. The van der Waals surface area contributed by atoms with Gasteiger partial charge in [-0.15, -0.1) is 0 Å². The maximum atomic E-state index is 13.0. The maximum absolute atomic E-state index is 13.0. The highest BCUT2D eigenvalue weighted by molar-refractivity contribution is 6.44. The van der Waals surface area contributed by atoms with Gasteiger partial charge in [0.1, 0.15) is 5.82 Å². The van der Waals surface area contributed by atoms with Crippen LogP contribution >= 0.6 is 0 Å². The van der Waals surface area contributed by atoms with Crippen molar-refractivity contribution in [3.63, 3.8) is 0 Å². The molecule has 0 amide bonds. The molecule has 0 saturated carbocycles. The molecule has 113 valence electrons. The van der Waals surface area contributed by atoms with E-state index in [0.29, 0.717) is 0 Å². The van der Waals surface area contributed by atoms with Crippen LogP contribution in [0.5, 0.6) is 0 Å². The van der Waals surface area contributed by atoms with Crippen molar-refractivity contribution in [2.24, 2.45) is 0 Å². The fourth-order valence-electron chi connectivity index (χ4n) is 1.91. The Bertz CT molecular complexity index is 352. The molecule has 0 heterocycles. The van der Waals surface area contributed by atoms with Crippen molar-refractivity contribution in [3.05, 3.63) is 35.6 Å². The largest absolute Gasteiger partial charge is 0.393 e. The smallest absolute Gasteiger partial charge is 0.384 e. The van der Waals surface area contributed by atoms with Crippen LogP contribution in [0.25, 0.3) is 0 Å². The zero-order chi connectivity index (χ0) is 14.6. The van der Waals surface area contributed by atoms with Crippen molar-refractivity contribution in [1.82, 2.24) is 0 Å². The van der Waals surface area contributed by atoms with Crippen LogP contribution in [-0.4, -0.2) is 22.5 Å². The summed E-state index contributed by atoms with van der Waals surface area (Å²) in [5, 5.41) is 0. The molecule has 4 heteroatoms. The summed E-state index contributed by atoms with van der Waals surface area (Å²) in [6.07, 6.45) is 5.13. The lowest BCUT2D eigenvalue weighted by atomic mass is 10.1. The highest BCUT2D eigenvalue weighted by atomic mass is 28.3. The molecule has 20 heavy (non-hydrogen) atoms. The minimum atomic E-state index is -1.11. The van der Waals surface area contributed by atoms with Gasteiger partial charge in [0, 0.05) is 13.2 Å². The summed E-state index contributed by atoms with van der Waals surface area (Å²) in [5.74, 6) is -0.148. The molecule has 0 aromatic heterocycles. The van der Waals surface area contributed by atoms with Crippen LogP contribution < -0.4 is 0 Å². The number of hydrogen-bond acceptors (Lipinski definition) is 2. The van der Waals surface area contributed by atoms with E-state index in [2.05, 4.69) is 13.8 Å². The molecule has 1 aromatic rings. The summed E-state index contributed by atoms with van der Waals surface area (Å²) in [4.78, 5) is 0. The molecule has 0 aliphatic rings. The molecule has 1 rings (SSSR count). The van der Waals surface area contributed by atoms with Crippen molar-refractivity contribution >= 4 is 9.28 Å². The predicted molar refractivity (Wildman–Crippen MR) is 82.4 cm³/mol. The molecular weight excluding hydrogens is 271 g/mol. The lowest BCUT2D eigenvalue weighted by Crippen LogP contribution is -2.23. The third-order valence-corrected chi connectivity index (χ3v) is 4.73. The van der Waals surface area contributed by atoms with Gasteiger partial charge in [0.15, 0.2) is 0 Å². The molecule has 0 aliphatic heterocycles. The Labute approximate surface area is 124 Å². The Balaban J connectivity index is 2.21. The summed E-state index contributed by atoms with van der Waals surface area (Å²) in [6, 6.07) is 7.87. The summed E-state index contributed by atoms with van der Waals surface area (Å²) in [6.45, 7) is 5.82. The molecule has 0 atom stereocenters. The van der Waals surface area contributed by atoms with Crippen LogP contribution in [0.1, 0.15) is 45.1 Å². The second kappa shape index (κ2) is 11.0. The summed E-state index contributed by atoms with van der Waals surface area (Å²) < 4.78 is 24.6. The van der Waals surface area contributed by atoms with Gasteiger partial charge in [-0.3, -0.25) is 0 Å². The van der Waals surface area contributed by atoms with Crippen molar-refractivity contribution in [1.29, 1.82) is 0 Å². The zero-order valence-electron chi connectivity index (χ0n) is 12.7. The molecule has 0 bridgehead atoms. The zero-order valence-corrected chi connectivity index (χ0v) is 13.7. The molecule has 2 nitrogen and oxygen atoms in total. The second-order valence-corrected chi connectivity index (χ2v) is 6.73. The first-order valence-corrected chi connectivity index (χ1v) is 9.14. The van der Waals surface area contributed by atoms with E-state index < -0.39 is 9.28 Å². The Kier molecular flexibility index (Phi) is 9.54. The first-order valence-electron chi connectivity index (χ1n) is 7.62. The van der Waals surface area contributed by atoms with Gasteiger partial charge >= 0.3 is 9.28 Å². The average Bonchev–Trinajstić information content (AvgIpc) is 2.45. The van der Waals surface area contributed by atoms with Gasteiger partial charge in [-0.05, 0) is 49.4 Å². The first kappa shape index (κ1) is 17.3. The highest BCUT2D eigenvalue weighted by Gasteiger charge is 2.14. The van der Waals surface area contributed by atoms with Crippen molar-refractivity contribution < 1.29 is 13.2 Å². The molecule has 0 N–H and O–H groups in total. The third-order valence-electron chi connectivity index (χ3n) is 2.92. The Morgan fingerprint density at radius 3 is 2.35 bits per heavy atom. The van der Waals surface area contributed by atoms with E-state index in [4.69, 9.17) is 8.85 Å². The molecule has 0 aliphatic carbocycles. The number of rotatable bonds is 11. The van der Waals surface area contributed by atoms with Gasteiger partial charge in [0.05, 0.1) is 0 Å². The second-order valence-electron chi connectivity index (χ2n) is 4.91. The number of benzene rings is 1. The Morgan fingerprint density at radius 1 is 1.05 bits per heavy atom. The van der Waals surface area contributed by atoms with Gasteiger partial charge in [-0.25, -0.2) is 4.39 Å². The summed E-state index contributed by atoms with van der Waals surface area (Å²) in [7, 11) is -1.11. The van der Waals surface area contributed by atoms with Crippen LogP contribution in [0.4, 0.5) is 4.39 Å². The molecule has 0 unspecified atom stereocenters. The van der Waals surface area contributed by atoms with Crippen LogP contribution in [0.2, 0.25) is 6.04 Å². The van der Waals surface area contributed by atoms with E-state index in [1.807, 2.05) is 6.07 Å². The molecule has 0 spiro atoms. The molecule has 0 fully saturated rings. The van der Waals surface area contributed by atoms with Gasteiger partial charge in [-0.2, -0.15) is 0 Å². The van der Waals surface area contributed by atoms with Crippen LogP contribution in [0, 0.1) is 5.82 Å². The van der Waals surface area contributed by atoms with Crippen molar-refractivity contribution in [2.75, 3.05) is 13.2 Å². The molecular formula is C16H26FO2Si. The Morgan fingerprint density at radius 2 is 1.75 bits per heavy atom. The molecule has 1 aromatic carbocycles. The van der Waals surface area contributed by atoms with Crippen LogP contribution in [0.15, 0.2) is 24.3 Å². The van der Waals surface area contributed by atoms with Gasteiger partial charge in [0.25, 0.3) is 0 Å². The lowest BCUT2D eigenvalue weighted by molar-refractivity contribution is 0.195. The van der Waals surface area contributed by atoms with Crippen molar-refractivity contribution in [3.8, 4) is 0 Å². The topological polar surface area (TPSA) is 18.5 Å². The van der Waals surface area contributed by atoms with E-state index in [1.54, 1.807) is 12.1 Å². The minimum absolute atomic E-state index is 0.148. The highest BCUT2D eigenvalue weighted by Crippen LogP contribution is 2.11. The fourth-order valence-corrected chi connectivity index (χ4v) is 3.68. The van der Waals surface area contributed by atoms with Gasteiger partial charge in [0.2, 0.25) is 0 Å². The normalized spacial score (nSPS) is 11.2. The first-order chi connectivity index (χ1) is 9.76. The number of halogens is 1. The summed E-state index contributed by atoms with van der Waals surface area (Å²) in [5.41, 5.74) is 1.07. The molecule has 0 saturated heterocycles. The quantitative estimate of drug-likeness (QED) is 0.442. The summed E-state index contributed by atoms with van der Waals surface area (Å²) >= 11 is 0. The third kappa shape index (κ3) is 7.77.